The van der Waals surface area contributed by atoms with Gasteiger partial charge in [0, 0.05) is 35.2 Å². The van der Waals surface area contributed by atoms with E-state index in [2.05, 4.69) is 13.2 Å². The van der Waals surface area contributed by atoms with E-state index in [4.69, 9.17) is 9.47 Å². The summed E-state index contributed by atoms with van der Waals surface area (Å²) in [6.07, 6.45) is 4.40. The summed E-state index contributed by atoms with van der Waals surface area (Å²) in [5.41, 5.74) is -0.713. The summed E-state index contributed by atoms with van der Waals surface area (Å²) in [4.78, 5) is 52.2. The summed E-state index contributed by atoms with van der Waals surface area (Å²) >= 11 is 1.31. The molecule has 5 aliphatic rings. The maximum Gasteiger partial charge on any atom is 0.348 e. The number of carbonyl (C=O) groups is 4. The Kier molecular flexibility index (Phi) is 5.13. The van der Waals surface area contributed by atoms with Gasteiger partial charge < -0.3 is 9.47 Å². The van der Waals surface area contributed by atoms with Crippen molar-refractivity contribution in [3.63, 3.8) is 0 Å². The van der Waals surface area contributed by atoms with Crippen LogP contribution in [0.15, 0.2) is 53.5 Å². The predicted molar refractivity (Wildman–Crippen MR) is 126 cm³/mol. The number of ether oxygens (including phenoxy) is 2. The molecule has 3 fully saturated rings. The van der Waals surface area contributed by atoms with Gasteiger partial charge in [-0.05, 0) is 36.3 Å². The molecule has 2 bridgehead atoms. The summed E-state index contributed by atoms with van der Waals surface area (Å²) in [7, 11) is 0. The molecule has 1 heterocycles. The average molecular weight is 481 g/mol. The van der Waals surface area contributed by atoms with E-state index < -0.39 is 34.1 Å². The molecule has 6 nitrogen and oxygen atoms in total. The van der Waals surface area contributed by atoms with Gasteiger partial charge in [-0.15, -0.1) is 11.3 Å². The largest absolute Gasteiger partial charge is 0.465 e. The molecule has 1 aromatic heterocycles. The lowest BCUT2D eigenvalue weighted by molar-refractivity contribution is -0.187. The number of Topliss-reactive ketones (excluding diaryl/α,β-unsaturated/α-hetero) is 2. The molecular weight excluding hydrogens is 452 g/mol. The monoisotopic (exact) mass is 480 g/mol. The van der Waals surface area contributed by atoms with E-state index in [-0.39, 0.29) is 30.7 Å². The Labute approximate surface area is 202 Å². The zero-order valence-electron chi connectivity index (χ0n) is 19.5. The number of ketones is 2. The van der Waals surface area contributed by atoms with Crippen LogP contribution in [0.1, 0.15) is 49.2 Å². The molecule has 1 spiro atoms. The third-order valence-electron chi connectivity index (χ3n) is 8.48. The lowest BCUT2D eigenvalue weighted by Gasteiger charge is -2.69. The SMILES string of the molecule is C=C1C=C2C[C@]3(C1=O)C(=O)C(=C)C1[C@](C)(COC(=O)c4cccs4)CCC[C@@]1(COC(C)=O)C23. The van der Waals surface area contributed by atoms with Crippen molar-refractivity contribution < 1.29 is 28.7 Å². The van der Waals surface area contributed by atoms with Crippen molar-refractivity contribution in [3.05, 3.63) is 58.3 Å². The van der Waals surface area contributed by atoms with Gasteiger partial charge >= 0.3 is 11.9 Å². The highest BCUT2D eigenvalue weighted by Gasteiger charge is 2.76. The molecule has 5 atom stereocenters. The number of esters is 2. The maximum atomic E-state index is 13.8. The molecule has 0 aromatic carbocycles. The Balaban J connectivity index is 1.57. The van der Waals surface area contributed by atoms with Gasteiger partial charge in [0.15, 0.2) is 11.6 Å². The fraction of sp³-hybridized carbons (Fsp3) is 0.481. The minimum Gasteiger partial charge on any atom is -0.465 e. The highest BCUT2D eigenvalue weighted by atomic mass is 32.1. The van der Waals surface area contributed by atoms with Crippen LogP contribution >= 0.6 is 11.3 Å². The molecule has 1 aromatic rings. The number of fused-ring (bicyclic) bond motifs is 3. The smallest absolute Gasteiger partial charge is 0.348 e. The standard InChI is InChI=1S/C27H28O6S/c1-15-11-18-12-27(22(15)29)21(18)26(14-32-17(3)28)9-6-8-25(4,20(26)16(2)23(27)30)13-33-24(31)19-7-5-10-34-19/h5,7,10-11,20-21H,1-2,6,8-9,12-14H2,3-4H3/t20?,21?,25-,26-,27-/m0/s1. The van der Waals surface area contributed by atoms with Crippen molar-refractivity contribution in [1.29, 1.82) is 0 Å². The highest BCUT2D eigenvalue weighted by molar-refractivity contribution is 7.11. The first-order valence-corrected chi connectivity index (χ1v) is 12.5. The number of hydrogen-bond acceptors (Lipinski definition) is 7. The number of allylic oxidation sites excluding steroid dienone is 4. The van der Waals surface area contributed by atoms with Crippen molar-refractivity contribution >= 4 is 34.8 Å². The second-order valence-corrected chi connectivity index (χ2v) is 11.5. The Morgan fingerprint density at radius 3 is 2.56 bits per heavy atom. The van der Waals surface area contributed by atoms with Crippen LogP contribution in [-0.4, -0.2) is 36.7 Å². The maximum absolute atomic E-state index is 13.8. The Bertz CT molecular complexity index is 1180. The molecule has 0 aliphatic heterocycles. The molecule has 0 saturated heterocycles. The van der Waals surface area contributed by atoms with Crippen molar-refractivity contribution in [3.8, 4) is 0 Å². The summed E-state index contributed by atoms with van der Waals surface area (Å²) in [5, 5.41) is 1.82. The topological polar surface area (TPSA) is 86.7 Å². The third-order valence-corrected chi connectivity index (χ3v) is 9.33. The fourth-order valence-corrected chi connectivity index (χ4v) is 8.05. The normalized spacial score (nSPS) is 36.1. The van der Waals surface area contributed by atoms with Gasteiger partial charge in [-0.2, -0.15) is 0 Å². The van der Waals surface area contributed by atoms with Crippen LogP contribution in [0.4, 0.5) is 0 Å². The second kappa shape index (κ2) is 7.60. The first-order valence-electron chi connectivity index (χ1n) is 11.6. The van der Waals surface area contributed by atoms with Gasteiger partial charge in [0.2, 0.25) is 0 Å². The molecule has 2 unspecified atom stereocenters. The number of rotatable bonds is 5. The average Bonchev–Trinajstić information content (AvgIpc) is 3.31. The van der Waals surface area contributed by atoms with E-state index in [1.165, 1.54) is 18.3 Å². The van der Waals surface area contributed by atoms with Crippen molar-refractivity contribution in [2.75, 3.05) is 13.2 Å². The molecule has 178 valence electrons. The molecule has 3 saturated carbocycles. The van der Waals surface area contributed by atoms with E-state index in [1.807, 2.05) is 18.4 Å². The van der Waals surface area contributed by atoms with E-state index >= 15 is 0 Å². The van der Waals surface area contributed by atoms with Crippen LogP contribution < -0.4 is 0 Å². The molecule has 0 amide bonds. The van der Waals surface area contributed by atoms with Crippen LogP contribution in [0.2, 0.25) is 0 Å². The molecular formula is C27H28O6S. The molecule has 6 rings (SSSR count). The van der Waals surface area contributed by atoms with Gasteiger partial charge in [-0.25, -0.2) is 4.79 Å². The van der Waals surface area contributed by atoms with E-state index in [0.717, 1.165) is 18.4 Å². The summed E-state index contributed by atoms with van der Waals surface area (Å²) < 4.78 is 11.4. The van der Waals surface area contributed by atoms with Crippen LogP contribution in [0, 0.1) is 28.1 Å². The minimum absolute atomic E-state index is 0.0945. The zero-order chi connectivity index (χ0) is 24.5. The number of hydrogen-bond donors (Lipinski definition) is 0. The van der Waals surface area contributed by atoms with Crippen molar-refractivity contribution in [1.82, 2.24) is 0 Å². The Hall–Kier alpha value is -2.80. The predicted octanol–water partition coefficient (Wildman–Crippen LogP) is 4.47. The van der Waals surface area contributed by atoms with Gasteiger partial charge in [-0.3, -0.25) is 14.4 Å². The summed E-state index contributed by atoms with van der Waals surface area (Å²) in [6, 6.07) is 3.51. The Morgan fingerprint density at radius 2 is 1.88 bits per heavy atom. The zero-order valence-corrected chi connectivity index (χ0v) is 20.3. The first-order chi connectivity index (χ1) is 16.1. The quantitative estimate of drug-likeness (QED) is 0.351. The van der Waals surface area contributed by atoms with E-state index in [1.54, 1.807) is 12.1 Å². The van der Waals surface area contributed by atoms with Crippen LogP contribution in [0.25, 0.3) is 0 Å². The second-order valence-electron chi connectivity index (χ2n) is 10.5. The molecule has 0 radical (unpaired) electrons. The lowest BCUT2D eigenvalue weighted by Crippen LogP contribution is -2.72. The fourth-order valence-electron chi connectivity index (χ4n) is 7.43. The van der Waals surface area contributed by atoms with Gasteiger partial charge in [0.05, 0.1) is 13.2 Å². The van der Waals surface area contributed by atoms with Crippen LogP contribution in [0.5, 0.6) is 0 Å². The lowest BCUT2D eigenvalue weighted by atomic mass is 9.32. The third kappa shape index (κ3) is 2.92. The van der Waals surface area contributed by atoms with Crippen molar-refractivity contribution in [2.24, 2.45) is 28.1 Å². The Morgan fingerprint density at radius 1 is 1.12 bits per heavy atom. The van der Waals surface area contributed by atoms with Gasteiger partial charge in [0.1, 0.15) is 10.3 Å². The molecule has 0 N–H and O–H groups in total. The number of thiophene rings is 1. The van der Waals surface area contributed by atoms with E-state index in [0.29, 0.717) is 28.9 Å². The van der Waals surface area contributed by atoms with Crippen LogP contribution in [0.3, 0.4) is 0 Å². The van der Waals surface area contributed by atoms with Crippen LogP contribution in [-0.2, 0) is 23.9 Å². The molecule has 7 heteroatoms. The van der Waals surface area contributed by atoms with Gasteiger partial charge in [0.25, 0.3) is 0 Å². The first kappa shape index (κ1) is 23.0. The van der Waals surface area contributed by atoms with Gasteiger partial charge in [-0.1, -0.05) is 44.2 Å². The summed E-state index contributed by atoms with van der Waals surface area (Å²) in [6.45, 7) is 11.7. The highest BCUT2D eigenvalue weighted by Crippen LogP contribution is 2.74. The molecule has 5 aliphatic carbocycles. The number of carbonyl (C=O) groups excluding carboxylic acids is 4. The van der Waals surface area contributed by atoms with Crippen molar-refractivity contribution in [2.45, 2.75) is 39.5 Å². The minimum atomic E-state index is -1.19. The molecule has 34 heavy (non-hydrogen) atoms. The summed E-state index contributed by atoms with van der Waals surface area (Å²) in [5.74, 6) is -2.02. The van der Waals surface area contributed by atoms with E-state index in [9.17, 15) is 19.2 Å².